The van der Waals surface area contributed by atoms with Gasteiger partial charge >= 0.3 is 0 Å². The highest BCUT2D eigenvalue weighted by Crippen LogP contribution is 2.21. The van der Waals surface area contributed by atoms with Crippen LogP contribution in [-0.4, -0.2) is 53.1 Å². The Labute approximate surface area is 132 Å². The fraction of sp³-hybridized carbons (Fsp3) is 0.714. The molecule has 5 nitrogen and oxygen atoms in total. The molecule has 122 valence electrons. The number of nitrogens with zero attached hydrogens (tertiary/aromatic N) is 1. The maximum absolute atomic E-state index is 12.2. The van der Waals surface area contributed by atoms with Crippen molar-refractivity contribution in [3.8, 4) is 0 Å². The quantitative estimate of drug-likeness (QED) is 0.637. The van der Waals surface area contributed by atoms with Crippen molar-refractivity contribution >= 4 is 21.4 Å². The Morgan fingerprint density at radius 3 is 2.62 bits per heavy atom. The Morgan fingerprint density at radius 2 is 2.00 bits per heavy atom. The molecule has 0 radical (unpaired) electrons. The third-order valence-electron chi connectivity index (χ3n) is 3.33. The molecule has 0 aliphatic carbocycles. The molecule has 2 N–H and O–H groups in total. The summed E-state index contributed by atoms with van der Waals surface area (Å²) in [4.78, 5) is 3.08. The molecule has 1 heterocycles. The molecular weight excluding hydrogens is 306 g/mol. The third kappa shape index (κ3) is 6.44. The maximum Gasteiger partial charge on any atom is 0.250 e. The number of sulfonamides is 1. The number of nitrogens with one attached hydrogen (secondary N) is 2. The molecular formula is C14H27N3O2S2. The molecule has 0 aliphatic rings. The van der Waals surface area contributed by atoms with Gasteiger partial charge in [-0.1, -0.05) is 6.92 Å². The number of hydrogen-bond acceptors (Lipinski definition) is 5. The summed E-state index contributed by atoms with van der Waals surface area (Å²) >= 11 is 1.35. The van der Waals surface area contributed by atoms with Crippen molar-refractivity contribution in [1.82, 2.24) is 14.9 Å². The molecule has 0 amide bonds. The van der Waals surface area contributed by atoms with Gasteiger partial charge in [-0.2, -0.15) is 0 Å². The fourth-order valence-corrected chi connectivity index (χ4v) is 4.16. The van der Waals surface area contributed by atoms with E-state index in [0.717, 1.165) is 30.8 Å². The van der Waals surface area contributed by atoms with E-state index < -0.39 is 10.0 Å². The van der Waals surface area contributed by atoms with Gasteiger partial charge in [0, 0.05) is 17.5 Å². The predicted octanol–water partition coefficient (Wildman–Crippen LogP) is 1.52. The summed E-state index contributed by atoms with van der Waals surface area (Å²) in [6.45, 7) is 6.42. The van der Waals surface area contributed by atoms with Crippen molar-refractivity contribution in [1.29, 1.82) is 0 Å². The van der Waals surface area contributed by atoms with Crippen LogP contribution in [0.3, 0.4) is 0 Å². The summed E-state index contributed by atoms with van der Waals surface area (Å²) in [6.07, 6.45) is 1.98. The topological polar surface area (TPSA) is 61.4 Å². The summed E-state index contributed by atoms with van der Waals surface area (Å²) in [7, 11) is 0.490. The summed E-state index contributed by atoms with van der Waals surface area (Å²) in [6, 6.07) is 3.77. The second kappa shape index (κ2) is 8.85. The molecule has 1 unspecified atom stereocenters. The van der Waals surface area contributed by atoms with Gasteiger partial charge in [0.25, 0.3) is 0 Å². The summed E-state index contributed by atoms with van der Waals surface area (Å²) in [5.74, 6) is 0. The van der Waals surface area contributed by atoms with Crippen LogP contribution in [0.4, 0.5) is 0 Å². The minimum atomic E-state index is -3.38. The zero-order valence-electron chi connectivity index (χ0n) is 13.3. The normalized spacial score (nSPS) is 13.8. The second-order valence-corrected chi connectivity index (χ2v) is 8.55. The zero-order chi connectivity index (χ0) is 15.9. The third-order valence-corrected chi connectivity index (χ3v) is 6.39. The van der Waals surface area contributed by atoms with E-state index in [0.29, 0.717) is 10.8 Å². The van der Waals surface area contributed by atoms with Gasteiger partial charge in [0.05, 0.1) is 0 Å². The van der Waals surface area contributed by atoms with E-state index in [1.807, 2.05) is 32.0 Å². The van der Waals surface area contributed by atoms with Gasteiger partial charge in [-0.05, 0) is 59.1 Å². The van der Waals surface area contributed by atoms with Crippen LogP contribution in [-0.2, 0) is 16.4 Å². The molecule has 0 bridgehead atoms. The minimum Gasteiger partial charge on any atom is -0.316 e. The van der Waals surface area contributed by atoms with Gasteiger partial charge in [0.15, 0.2) is 0 Å². The first-order chi connectivity index (χ1) is 9.86. The lowest BCUT2D eigenvalue weighted by Gasteiger charge is -2.19. The molecule has 0 spiro atoms. The van der Waals surface area contributed by atoms with Crippen LogP contribution in [0, 0.1) is 0 Å². The Balaban J connectivity index is 2.53. The van der Waals surface area contributed by atoms with Crippen molar-refractivity contribution in [3.05, 3.63) is 17.0 Å². The van der Waals surface area contributed by atoms with Crippen LogP contribution >= 0.6 is 11.3 Å². The first-order valence-electron chi connectivity index (χ1n) is 7.32. The van der Waals surface area contributed by atoms with Gasteiger partial charge in [-0.3, -0.25) is 0 Å². The van der Waals surface area contributed by atoms with Gasteiger partial charge in [0.1, 0.15) is 4.21 Å². The van der Waals surface area contributed by atoms with Crippen LogP contribution in [0.15, 0.2) is 16.3 Å². The van der Waals surface area contributed by atoms with E-state index in [4.69, 9.17) is 0 Å². The van der Waals surface area contributed by atoms with Crippen molar-refractivity contribution in [2.75, 3.05) is 33.7 Å². The number of likely N-dealkylation sites (N-methyl/N-ethyl adjacent to an activating group) is 1. The molecule has 0 saturated heterocycles. The summed E-state index contributed by atoms with van der Waals surface area (Å²) in [5, 5.41) is 3.32. The van der Waals surface area contributed by atoms with E-state index in [1.165, 1.54) is 11.3 Å². The monoisotopic (exact) mass is 333 g/mol. The standard InChI is InChI=1S/C14H27N3O2S2/c1-5-9-15-10-8-13-6-7-14(20-13)21(18,19)16-11-12(2)17(3)4/h6-7,12,15-16H,5,8-11H2,1-4H3. The average Bonchev–Trinajstić information content (AvgIpc) is 2.90. The van der Waals surface area contributed by atoms with E-state index in [9.17, 15) is 8.42 Å². The highest BCUT2D eigenvalue weighted by Gasteiger charge is 2.18. The zero-order valence-corrected chi connectivity index (χ0v) is 15.0. The highest BCUT2D eigenvalue weighted by atomic mass is 32.2. The first-order valence-corrected chi connectivity index (χ1v) is 9.62. The van der Waals surface area contributed by atoms with Crippen molar-refractivity contribution in [2.24, 2.45) is 0 Å². The van der Waals surface area contributed by atoms with E-state index in [2.05, 4.69) is 17.0 Å². The van der Waals surface area contributed by atoms with E-state index in [1.54, 1.807) is 6.07 Å². The molecule has 1 aromatic rings. The maximum atomic E-state index is 12.2. The SMILES string of the molecule is CCCNCCc1ccc(S(=O)(=O)NCC(C)N(C)C)s1. The van der Waals surface area contributed by atoms with Gasteiger partial charge in [-0.25, -0.2) is 13.1 Å². The molecule has 0 aliphatic heterocycles. The lowest BCUT2D eigenvalue weighted by atomic mass is 10.3. The molecule has 0 fully saturated rings. The molecule has 0 saturated carbocycles. The predicted molar refractivity (Wildman–Crippen MR) is 89.5 cm³/mol. The molecule has 0 aromatic carbocycles. The van der Waals surface area contributed by atoms with Crippen molar-refractivity contribution in [2.45, 2.75) is 36.9 Å². The van der Waals surface area contributed by atoms with Gasteiger partial charge in [0.2, 0.25) is 10.0 Å². The number of hydrogen-bond donors (Lipinski definition) is 2. The molecule has 7 heteroatoms. The second-order valence-electron chi connectivity index (χ2n) is 5.39. The Bertz CT molecular complexity index is 512. The number of thiophene rings is 1. The van der Waals surface area contributed by atoms with Gasteiger partial charge in [-0.15, -0.1) is 11.3 Å². The van der Waals surface area contributed by atoms with E-state index in [-0.39, 0.29) is 6.04 Å². The highest BCUT2D eigenvalue weighted by molar-refractivity contribution is 7.91. The van der Waals surface area contributed by atoms with E-state index >= 15 is 0 Å². The number of rotatable bonds is 10. The Kier molecular flexibility index (Phi) is 7.83. The first kappa shape index (κ1) is 18.6. The average molecular weight is 334 g/mol. The minimum absolute atomic E-state index is 0.164. The van der Waals surface area contributed by atoms with Crippen LogP contribution in [0.1, 0.15) is 25.1 Å². The van der Waals surface area contributed by atoms with Gasteiger partial charge < -0.3 is 10.2 Å². The molecule has 1 rings (SSSR count). The lowest BCUT2D eigenvalue weighted by molar-refractivity contribution is 0.314. The molecule has 1 aromatic heterocycles. The van der Waals surface area contributed by atoms with Crippen LogP contribution in [0.2, 0.25) is 0 Å². The smallest absolute Gasteiger partial charge is 0.250 e. The van der Waals surface area contributed by atoms with Crippen LogP contribution < -0.4 is 10.0 Å². The van der Waals surface area contributed by atoms with Crippen LogP contribution in [0.5, 0.6) is 0 Å². The van der Waals surface area contributed by atoms with Crippen LogP contribution in [0.25, 0.3) is 0 Å². The van der Waals surface area contributed by atoms with Crippen molar-refractivity contribution in [3.63, 3.8) is 0 Å². The Hall–Kier alpha value is -0.470. The summed E-state index contributed by atoms with van der Waals surface area (Å²) in [5.41, 5.74) is 0. The fourth-order valence-electron chi connectivity index (χ4n) is 1.63. The molecule has 21 heavy (non-hydrogen) atoms. The Morgan fingerprint density at radius 1 is 1.29 bits per heavy atom. The largest absolute Gasteiger partial charge is 0.316 e. The summed E-state index contributed by atoms with van der Waals surface area (Å²) < 4.78 is 27.5. The van der Waals surface area contributed by atoms with Crippen molar-refractivity contribution < 1.29 is 8.42 Å². The molecule has 1 atom stereocenters. The lowest BCUT2D eigenvalue weighted by Crippen LogP contribution is -2.37.